The average molecular weight is 297 g/mol. The number of benzene rings is 1. The molecular formula is C12H13BrN2S. The van der Waals surface area contributed by atoms with E-state index in [0.717, 1.165) is 28.0 Å². The maximum Gasteiger partial charge on any atom is 0.0494 e. The van der Waals surface area contributed by atoms with Crippen LogP contribution in [0, 0.1) is 6.92 Å². The highest BCUT2D eigenvalue weighted by Crippen LogP contribution is 2.24. The Morgan fingerprint density at radius 3 is 2.94 bits per heavy atom. The van der Waals surface area contributed by atoms with E-state index >= 15 is 0 Å². The van der Waals surface area contributed by atoms with Crippen LogP contribution < -0.4 is 11.1 Å². The van der Waals surface area contributed by atoms with E-state index in [1.807, 2.05) is 25.1 Å². The van der Waals surface area contributed by atoms with Crippen molar-refractivity contribution in [2.45, 2.75) is 13.5 Å². The van der Waals surface area contributed by atoms with Gasteiger partial charge in [-0.1, -0.05) is 6.07 Å². The molecule has 0 aliphatic heterocycles. The predicted molar refractivity (Wildman–Crippen MR) is 74.9 cm³/mol. The largest absolute Gasteiger partial charge is 0.398 e. The van der Waals surface area contributed by atoms with Crippen molar-refractivity contribution in [1.82, 2.24) is 0 Å². The van der Waals surface area contributed by atoms with Crippen LogP contribution in [0.1, 0.15) is 10.4 Å². The number of nitrogens with one attached hydrogen (secondary N) is 1. The number of anilines is 2. The second-order valence-corrected chi connectivity index (χ2v) is 5.52. The molecular weight excluding hydrogens is 284 g/mol. The Bertz CT molecular complexity index is 494. The molecule has 0 radical (unpaired) electrons. The highest BCUT2D eigenvalue weighted by atomic mass is 79.9. The van der Waals surface area contributed by atoms with Gasteiger partial charge in [0.1, 0.15) is 0 Å². The van der Waals surface area contributed by atoms with Crippen LogP contribution in [-0.4, -0.2) is 0 Å². The van der Waals surface area contributed by atoms with Crippen LogP contribution in [0.2, 0.25) is 0 Å². The molecule has 84 valence electrons. The zero-order chi connectivity index (χ0) is 11.5. The smallest absolute Gasteiger partial charge is 0.0494 e. The number of halogens is 1. The fourth-order valence-corrected chi connectivity index (χ4v) is 2.86. The van der Waals surface area contributed by atoms with Gasteiger partial charge in [0.15, 0.2) is 0 Å². The molecule has 3 N–H and O–H groups in total. The fourth-order valence-electron chi connectivity index (χ4n) is 1.47. The van der Waals surface area contributed by atoms with Gasteiger partial charge < -0.3 is 11.1 Å². The van der Waals surface area contributed by atoms with Crippen LogP contribution in [0.15, 0.2) is 34.1 Å². The van der Waals surface area contributed by atoms with Crippen molar-refractivity contribution < 1.29 is 0 Å². The number of thiophene rings is 1. The molecule has 0 amide bonds. The average Bonchev–Trinajstić information content (AvgIpc) is 2.67. The zero-order valence-corrected chi connectivity index (χ0v) is 11.4. The first kappa shape index (κ1) is 11.5. The first-order valence-corrected chi connectivity index (χ1v) is 6.66. The van der Waals surface area contributed by atoms with Gasteiger partial charge in [0.05, 0.1) is 0 Å². The molecule has 1 heterocycles. The van der Waals surface area contributed by atoms with Crippen LogP contribution in [0.4, 0.5) is 11.4 Å². The number of nitrogens with two attached hydrogens (primary N) is 1. The first-order chi connectivity index (χ1) is 7.66. The fraction of sp³-hybridized carbons (Fsp3) is 0.167. The van der Waals surface area contributed by atoms with E-state index in [9.17, 15) is 0 Å². The Kier molecular flexibility index (Phi) is 3.51. The molecule has 0 unspecified atom stereocenters. The van der Waals surface area contributed by atoms with Crippen LogP contribution in [0.3, 0.4) is 0 Å². The maximum atomic E-state index is 5.85. The van der Waals surface area contributed by atoms with Gasteiger partial charge >= 0.3 is 0 Å². The van der Waals surface area contributed by atoms with Crippen molar-refractivity contribution in [3.05, 3.63) is 44.6 Å². The molecule has 16 heavy (non-hydrogen) atoms. The van der Waals surface area contributed by atoms with E-state index in [1.165, 1.54) is 4.88 Å². The van der Waals surface area contributed by atoms with Gasteiger partial charge in [0.25, 0.3) is 0 Å². The van der Waals surface area contributed by atoms with Gasteiger partial charge in [0.2, 0.25) is 0 Å². The lowest BCUT2D eigenvalue weighted by Crippen LogP contribution is -2.01. The highest BCUT2D eigenvalue weighted by Gasteiger charge is 2.02. The van der Waals surface area contributed by atoms with Crippen LogP contribution in [0.5, 0.6) is 0 Å². The quantitative estimate of drug-likeness (QED) is 0.840. The van der Waals surface area contributed by atoms with Gasteiger partial charge in [-0.15, -0.1) is 11.3 Å². The van der Waals surface area contributed by atoms with Gasteiger partial charge in [-0.2, -0.15) is 0 Å². The van der Waals surface area contributed by atoms with Crippen molar-refractivity contribution in [1.29, 1.82) is 0 Å². The third kappa shape index (κ3) is 2.57. The van der Waals surface area contributed by atoms with Crippen LogP contribution in [-0.2, 0) is 6.54 Å². The molecule has 0 aliphatic rings. The van der Waals surface area contributed by atoms with Crippen molar-refractivity contribution in [3.8, 4) is 0 Å². The predicted octanol–water partition coefficient (Wildman–Crippen LogP) is 4.01. The van der Waals surface area contributed by atoms with E-state index in [-0.39, 0.29) is 0 Å². The summed E-state index contributed by atoms with van der Waals surface area (Å²) < 4.78 is 1.14. The van der Waals surface area contributed by atoms with E-state index in [2.05, 4.69) is 32.7 Å². The lowest BCUT2D eigenvalue weighted by atomic mass is 10.1. The van der Waals surface area contributed by atoms with Gasteiger partial charge in [-0.25, -0.2) is 0 Å². The summed E-state index contributed by atoms with van der Waals surface area (Å²) >= 11 is 5.19. The molecule has 0 saturated heterocycles. The summed E-state index contributed by atoms with van der Waals surface area (Å²) in [6.07, 6.45) is 0. The van der Waals surface area contributed by atoms with E-state index in [0.29, 0.717) is 0 Å². The summed E-state index contributed by atoms with van der Waals surface area (Å²) in [5.41, 5.74) is 8.89. The second-order valence-electron chi connectivity index (χ2n) is 3.60. The topological polar surface area (TPSA) is 38.0 Å². The molecule has 4 heteroatoms. The third-order valence-electron chi connectivity index (χ3n) is 2.45. The summed E-state index contributed by atoms with van der Waals surface area (Å²) in [6, 6.07) is 8.06. The Balaban J connectivity index is 2.07. The minimum Gasteiger partial charge on any atom is -0.398 e. The summed E-state index contributed by atoms with van der Waals surface area (Å²) in [6.45, 7) is 2.86. The number of rotatable bonds is 3. The normalized spacial score (nSPS) is 10.4. The molecule has 0 fully saturated rings. The lowest BCUT2D eigenvalue weighted by molar-refractivity contribution is 1.18. The zero-order valence-electron chi connectivity index (χ0n) is 8.96. The molecule has 0 bridgehead atoms. The summed E-state index contributed by atoms with van der Waals surface area (Å²) in [7, 11) is 0. The van der Waals surface area contributed by atoms with Crippen molar-refractivity contribution in [2.24, 2.45) is 0 Å². The Labute approximate surface area is 108 Å². The number of hydrogen-bond acceptors (Lipinski definition) is 3. The van der Waals surface area contributed by atoms with Crippen molar-refractivity contribution in [2.75, 3.05) is 11.1 Å². The summed E-state index contributed by atoms with van der Waals surface area (Å²) in [5.74, 6) is 0. The molecule has 0 spiro atoms. The molecule has 1 aromatic heterocycles. The lowest BCUT2D eigenvalue weighted by Gasteiger charge is -2.10. The van der Waals surface area contributed by atoms with E-state index in [4.69, 9.17) is 5.73 Å². The molecule has 2 aromatic rings. The molecule has 0 aliphatic carbocycles. The third-order valence-corrected chi connectivity index (χ3v) is 4.15. The number of nitrogen functional groups attached to an aromatic ring is 1. The Morgan fingerprint density at radius 1 is 1.44 bits per heavy atom. The summed E-state index contributed by atoms with van der Waals surface area (Å²) in [4.78, 5) is 1.30. The molecule has 2 rings (SSSR count). The molecule has 0 atom stereocenters. The van der Waals surface area contributed by atoms with Crippen molar-refractivity contribution >= 4 is 38.6 Å². The van der Waals surface area contributed by atoms with E-state index < -0.39 is 0 Å². The molecule has 0 saturated carbocycles. The SMILES string of the molecule is Cc1c(N)cccc1NCc1cc(Br)cs1. The minimum atomic E-state index is 0.831. The standard InChI is InChI=1S/C12H13BrN2S/c1-8-11(14)3-2-4-12(8)15-6-10-5-9(13)7-16-10/h2-5,7,15H,6,14H2,1H3. The Morgan fingerprint density at radius 2 is 2.25 bits per heavy atom. The van der Waals surface area contributed by atoms with E-state index in [1.54, 1.807) is 11.3 Å². The van der Waals surface area contributed by atoms with Gasteiger partial charge in [-0.3, -0.25) is 0 Å². The van der Waals surface area contributed by atoms with Gasteiger partial charge in [0, 0.05) is 32.6 Å². The number of hydrogen-bond donors (Lipinski definition) is 2. The monoisotopic (exact) mass is 296 g/mol. The summed E-state index contributed by atoms with van der Waals surface area (Å²) in [5, 5.41) is 5.48. The van der Waals surface area contributed by atoms with Crippen LogP contribution >= 0.6 is 27.3 Å². The Hall–Kier alpha value is -1.000. The molecule has 2 nitrogen and oxygen atoms in total. The van der Waals surface area contributed by atoms with Crippen LogP contribution in [0.25, 0.3) is 0 Å². The first-order valence-electron chi connectivity index (χ1n) is 4.98. The highest BCUT2D eigenvalue weighted by molar-refractivity contribution is 9.10. The van der Waals surface area contributed by atoms with Gasteiger partial charge in [-0.05, 0) is 46.6 Å². The maximum absolute atomic E-state index is 5.85. The van der Waals surface area contributed by atoms with Crippen molar-refractivity contribution in [3.63, 3.8) is 0 Å². The molecule has 1 aromatic carbocycles. The second kappa shape index (κ2) is 4.89. The minimum absolute atomic E-state index is 0.831.